The molecule has 7 rings (SSSR count). The van der Waals surface area contributed by atoms with Gasteiger partial charge in [-0.3, -0.25) is 0 Å². The maximum Gasteiger partial charge on any atom is 0.200 e. The summed E-state index contributed by atoms with van der Waals surface area (Å²) < 4.78 is 315. The molecule has 25 heteroatoms. The van der Waals surface area contributed by atoms with Gasteiger partial charge in [0.15, 0.2) is 69.8 Å². The quantitative estimate of drug-likeness (QED) is 0.0340. The van der Waals surface area contributed by atoms with Crippen molar-refractivity contribution in [2.24, 2.45) is 0 Å². The molecule has 0 aromatic heterocycles. The minimum atomic E-state index is -7.22. The Bertz CT molecular complexity index is 2750. The van der Waals surface area contributed by atoms with Crippen LogP contribution in [0.2, 0.25) is 0 Å². The number of hydrogen-bond acceptors (Lipinski definition) is 3. The van der Waals surface area contributed by atoms with E-state index in [0.29, 0.717) is 26.4 Å². The van der Waals surface area contributed by atoms with E-state index in [1.54, 1.807) is 0 Å². The van der Waals surface area contributed by atoms with Gasteiger partial charge < -0.3 is 0 Å². The summed E-state index contributed by atoms with van der Waals surface area (Å²) in [6.45, 7) is 5.03. The van der Waals surface area contributed by atoms with Gasteiger partial charge in [0.1, 0.15) is 52.7 Å². The fourth-order valence-electron chi connectivity index (χ4n) is 7.69. The molecule has 0 aliphatic heterocycles. The van der Waals surface area contributed by atoms with Crippen LogP contribution in [0.1, 0.15) is 6.92 Å². The van der Waals surface area contributed by atoms with Crippen LogP contribution in [-0.2, 0) is 9.47 Å². The van der Waals surface area contributed by atoms with Crippen molar-refractivity contribution in [3.8, 4) is 5.75 Å². The van der Waals surface area contributed by atoms with E-state index in [0.717, 1.165) is 12.4 Å². The first-order valence-electron chi connectivity index (χ1n) is 20.6. The van der Waals surface area contributed by atoms with Crippen LogP contribution in [0, 0.1) is 116 Å². The van der Waals surface area contributed by atoms with Gasteiger partial charge in [0.05, 0.1) is 0 Å². The summed E-state index contributed by atoms with van der Waals surface area (Å²) in [4.78, 5) is 0. The van der Waals surface area contributed by atoms with Crippen LogP contribution in [0.25, 0.3) is 0 Å². The first-order chi connectivity index (χ1) is 34.6. The zero-order valence-electron chi connectivity index (χ0n) is 36.4. The maximum absolute atomic E-state index is 15.4. The summed E-state index contributed by atoms with van der Waals surface area (Å²) in [7, 11) is 0. The molecule has 386 valence electrons. The zero-order valence-corrected chi connectivity index (χ0v) is 38.1. The van der Waals surface area contributed by atoms with E-state index in [2.05, 4.69) is 78.9 Å². The number of halogens is 20. The van der Waals surface area contributed by atoms with Gasteiger partial charge in [-0.1, -0.05) is 0 Å². The summed E-state index contributed by atoms with van der Waals surface area (Å²) in [5.74, 6) is -70.5. The molecule has 0 N–H and O–H groups in total. The third-order valence-corrected chi connectivity index (χ3v) is 15.5. The van der Waals surface area contributed by atoms with Gasteiger partial charge in [-0.05, 0) is 0 Å². The van der Waals surface area contributed by atoms with Crippen LogP contribution in [0.5, 0.6) is 5.75 Å². The molecular formula is C48H27BF20O3Se. The van der Waals surface area contributed by atoms with E-state index >= 15 is 35.1 Å². The second kappa shape index (κ2) is 23.1. The van der Waals surface area contributed by atoms with Crippen molar-refractivity contribution in [1.29, 1.82) is 0 Å². The smallest absolute Gasteiger partial charge is 0.200 e. The molecule has 0 fully saturated rings. The monoisotopic (exact) mass is 1120 g/mol. The molecule has 3 nitrogen and oxygen atoms in total. The number of benzene rings is 7. The summed E-state index contributed by atoms with van der Waals surface area (Å²) in [6.07, 6.45) is -7.22. The van der Waals surface area contributed by atoms with Crippen molar-refractivity contribution in [1.82, 2.24) is 0 Å². The first-order valence-corrected chi connectivity index (χ1v) is 23.1. The van der Waals surface area contributed by atoms with Crippen molar-refractivity contribution in [3.63, 3.8) is 0 Å². The fourth-order valence-corrected chi connectivity index (χ4v) is 12.3. The van der Waals surface area contributed by atoms with Crippen LogP contribution in [-0.4, -0.2) is 53.1 Å². The zero-order chi connectivity index (χ0) is 53.8. The Hall–Kier alpha value is -6.56. The molecule has 7 aromatic rings. The van der Waals surface area contributed by atoms with Crippen LogP contribution in [0.4, 0.5) is 87.8 Å². The number of para-hydroxylation sites is 1. The SMILES string of the molecule is CCOCCOCCOc1ccccc1[Se+](c1ccccc1)c1ccccc1.Fc1c(F)c(F)c([B-](c2c(F)c(F)c(F)c(F)c2F)(c2c(F)c(F)c(F)c(F)c2F)c2c(F)c(F)c(F)c(F)c2F)c(F)c1F. The molecule has 7 aromatic carbocycles. The topological polar surface area (TPSA) is 27.7 Å². The minimum absolute atomic E-state index is 0.533. The first kappa shape index (κ1) is 55.8. The van der Waals surface area contributed by atoms with Crippen molar-refractivity contribution in [2.45, 2.75) is 6.92 Å². The molecule has 0 unspecified atom stereocenters. The molecule has 0 atom stereocenters. The average molecular weight is 1120 g/mol. The number of rotatable bonds is 15. The third kappa shape index (κ3) is 10.1. The van der Waals surface area contributed by atoms with Gasteiger partial charge in [0, 0.05) is 0 Å². The molecule has 0 saturated heterocycles. The molecule has 0 amide bonds. The molecule has 73 heavy (non-hydrogen) atoms. The molecule has 0 spiro atoms. The van der Waals surface area contributed by atoms with Gasteiger partial charge in [-0.25, -0.2) is 87.8 Å². The largest absolute Gasteiger partial charge is 0.207 e. The third-order valence-electron chi connectivity index (χ3n) is 10.8. The van der Waals surface area contributed by atoms with Crippen molar-refractivity contribution in [3.05, 3.63) is 201 Å². The summed E-state index contributed by atoms with van der Waals surface area (Å²) in [6, 6.07) is 29.9. The summed E-state index contributed by atoms with van der Waals surface area (Å²) >= 11 is -1.44. The molecular weight excluding hydrogens is 1090 g/mol. The van der Waals surface area contributed by atoms with Crippen molar-refractivity contribution < 1.29 is 102 Å². The van der Waals surface area contributed by atoms with Crippen LogP contribution in [0.3, 0.4) is 0 Å². The van der Waals surface area contributed by atoms with Crippen LogP contribution < -0.4 is 40.0 Å². The molecule has 0 aliphatic carbocycles. The number of ether oxygens (including phenoxy) is 3. The van der Waals surface area contributed by atoms with E-state index in [1.807, 2.05) is 13.0 Å². The fraction of sp³-hybridized carbons (Fsp3) is 0.125. The van der Waals surface area contributed by atoms with Crippen molar-refractivity contribution in [2.75, 3.05) is 33.0 Å². The summed E-state index contributed by atoms with van der Waals surface area (Å²) in [5.41, 5.74) is -14.3. The maximum atomic E-state index is 15.4. The number of hydrogen-bond donors (Lipinski definition) is 0. The Kier molecular flexibility index (Phi) is 17.7. The Morgan fingerprint density at radius 3 is 0.890 bits per heavy atom. The van der Waals surface area contributed by atoms with Gasteiger partial charge >= 0.3 is 172 Å². The van der Waals surface area contributed by atoms with Gasteiger partial charge in [-0.2, -0.15) is 0 Å². The Labute approximate surface area is 403 Å². The molecule has 0 aliphatic rings. The molecule has 0 heterocycles. The second-order valence-corrected chi connectivity index (χ2v) is 19.0. The van der Waals surface area contributed by atoms with E-state index in [-0.39, 0.29) is 0 Å². The van der Waals surface area contributed by atoms with Gasteiger partial charge in [0.25, 0.3) is 0 Å². The molecule has 0 bridgehead atoms. The van der Waals surface area contributed by atoms with Gasteiger partial charge in [-0.15, -0.1) is 21.9 Å². The molecule has 0 saturated carbocycles. The summed E-state index contributed by atoms with van der Waals surface area (Å²) in [5, 5.41) is 0. The van der Waals surface area contributed by atoms with E-state index < -0.39 is 158 Å². The predicted molar refractivity (Wildman–Crippen MR) is 226 cm³/mol. The van der Waals surface area contributed by atoms with E-state index in [4.69, 9.17) is 14.2 Å². The molecule has 0 radical (unpaired) electrons. The average Bonchev–Trinajstić information content (AvgIpc) is 3.39. The van der Waals surface area contributed by atoms with Crippen LogP contribution in [0.15, 0.2) is 84.9 Å². The van der Waals surface area contributed by atoms with Gasteiger partial charge in [0.2, 0.25) is 0 Å². The Morgan fingerprint density at radius 1 is 0.315 bits per heavy atom. The minimum Gasteiger partial charge on any atom is -0.207 e. The van der Waals surface area contributed by atoms with Crippen LogP contribution >= 0.6 is 0 Å². The van der Waals surface area contributed by atoms with E-state index in [9.17, 15) is 52.7 Å². The standard InChI is InChI=1S/C24BF20.C24H27O3Se/c26-5-1(6(27)14(35)21(42)13(5)34)25(2-7(28)15(36)22(43)16(37)8(2)29,3-9(30)17(38)23(44)18(39)10(3)31)4-11(32)19(40)24(45)20(41)12(4)33;1-2-25-17-18-26-19-20-27-23-15-9-10-16-24(23)28(21-11-5-3-6-12-21)22-13-7-4-8-14-22/h;3-16H,2,17-20H2,1H3/q-1;+1. The normalized spacial score (nSPS) is 11.6. The second-order valence-electron chi connectivity index (χ2n) is 14.8. The Morgan fingerprint density at radius 2 is 0.575 bits per heavy atom. The van der Waals surface area contributed by atoms with E-state index in [1.165, 1.54) is 13.4 Å². The van der Waals surface area contributed by atoms with Crippen molar-refractivity contribution >= 4 is 55.3 Å². The predicted octanol–water partition coefficient (Wildman–Crippen LogP) is 8.48. The Balaban J connectivity index is 0.000000265.